The second kappa shape index (κ2) is 9.33. The van der Waals surface area contributed by atoms with E-state index in [2.05, 4.69) is 50.1 Å². The van der Waals surface area contributed by atoms with Crippen LogP contribution in [0.25, 0.3) is 0 Å². The highest BCUT2D eigenvalue weighted by atomic mass is 15.0. The number of rotatable bonds is 6. The molecule has 1 rings (SSSR count). The minimum Gasteiger partial charge on any atom is -0.309 e. The van der Waals surface area contributed by atoms with E-state index in [1.54, 1.807) is 11.1 Å². The molecule has 0 bridgehead atoms. The van der Waals surface area contributed by atoms with Crippen LogP contribution in [0.3, 0.4) is 0 Å². The van der Waals surface area contributed by atoms with Crippen molar-refractivity contribution < 1.29 is 0 Å². The first-order valence-corrected chi connectivity index (χ1v) is 7.75. The van der Waals surface area contributed by atoms with Crippen molar-refractivity contribution in [2.45, 2.75) is 44.9 Å². The topological polar surface area (TPSA) is 6.48 Å². The van der Waals surface area contributed by atoms with Gasteiger partial charge in [0, 0.05) is 13.1 Å². The maximum absolute atomic E-state index is 2.42. The fourth-order valence-electron chi connectivity index (χ4n) is 2.43. The highest BCUT2D eigenvalue weighted by Gasteiger charge is 2.04. The van der Waals surface area contributed by atoms with E-state index in [9.17, 15) is 0 Å². The van der Waals surface area contributed by atoms with Gasteiger partial charge in [-0.3, -0.25) is 0 Å². The Balaban J connectivity index is 2.57. The molecule has 2 heteroatoms. The molecule has 2 nitrogen and oxygen atoms in total. The fourth-order valence-corrected chi connectivity index (χ4v) is 2.43. The fraction of sp³-hybridized carbons (Fsp3) is 0.765. The third-order valence-electron chi connectivity index (χ3n) is 3.81. The van der Waals surface area contributed by atoms with Crippen LogP contribution in [-0.4, -0.2) is 51.1 Å². The van der Waals surface area contributed by atoms with Crippen LogP contribution in [0.5, 0.6) is 0 Å². The van der Waals surface area contributed by atoms with Crippen molar-refractivity contribution in [3.8, 4) is 0 Å². The first-order valence-electron chi connectivity index (χ1n) is 7.75. The van der Waals surface area contributed by atoms with Crippen LogP contribution in [-0.2, 0) is 0 Å². The van der Waals surface area contributed by atoms with Crippen LogP contribution in [0.1, 0.15) is 44.9 Å². The Hall–Kier alpha value is -0.600. The van der Waals surface area contributed by atoms with Gasteiger partial charge < -0.3 is 9.80 Å². The van der Waals surface area contributed by atoms with Crippen molar-refractivity contribution >= 4 is 0 Å². The zero-order valence-electron chi connectivity index (χ0n) is 13.4. The molecule has 0 aliphatic heterocycles. The van der Waals surface area contributed by atoms with Gasteiger partial charge in [-0.15, -0.1) is 0 Å². The molecule has 19 heavy (non-hydrogen) atoms. The highest BCUT2D eigenvalue weighted by Crippen LogP contribution is 2.21. The van der Waals surface area contributed by atoms with E-state index in [0.29, 0.717) is 0 Å². The summed E-state index contributed by atoms with van der Waals surface area (Å²) in [6, 6.07) is 0. The molecular formula is C17H32N2. The molecule has 0 amide bonds. The zero-order valence-corrected chi connectivity index (χ0v) is 13.4. The molecule has 0 heterocycles. The molecule has 1 aliphatic carbocycles. The lowest BCUT2D eigenvalue weighted by Crippen LogP contribution is -2.13. The maximum Gasteiger partial charge on any atom is 0.00126 e. The Bertz CT molecular complexity index is 270. The average Bonchev–Trinajstić information content (AvgIpc) is 2.46. The lowest BCUT2D eigenvalue weighted by Gasteiger charge is -2.12. The summed E-state index contributed by atoms with van der Waals surface area (Å²) in [4.78, 5) is 4.56. The Kier molecular flexibility index (Phi) is 8.08. The number of nitrogens with zero attached hydrogens (tertiary/aromatic N) is 2. The van der Waals surface area contributed by atoms with Gasteiger partial charge >= 0.3 is 0 Å². The van der Waals surface area contributed by atoms with E-state index in [-0.39, 0.29) is 0 Å². The standard InChI is InChI=1S/C17H32N2/c1-18(2)14-12-16-8-6-5-7-9-17(11-10-16)13-15-19(3)4/h10-11H,5-9,12-15H2,1-4H3. The molecule has 0 aromatic rings. The molecule has 1 aliphatic rings. The number of hydrogen-bond donors (Lipinski definition) is 0. The lowest BCUT2D eigenvalue weighted by molar-refractivity contribution is 0.409. The minimum atomic E-state index is 1.17. The summed E-state index contributed by atoms with van der Waals surface area (Å²) in [6.07, 6.45) is 14.0. The molecule has 0 radical (unpaired) electrons. The van der Waals surface area contributed by atoms with Crippen molar-refractivity contribution in [1.29, 1.82) is 0 Å². The van der Waals surface area contributed by atoms with E-state index in [1.165, 1.54) is 58.0 Å². The van der Waals surface area contributed by atoms with Gasteiger partial charge in [-0.05, 0) is 66.7 Å². The molecule has 110 valence electrons. The van der Waals surface area contributed by atoms with Gasteiger partial charge in [-0.2, -0.15) is 0 Å². The number of allylic oxidation sites excluding steroid dienone is 2. The predicted octanol–water partition coefficient (Wildman–Crippen LogP) is 3.71. The summed E-state index contributed by atoms with van der Waals surface area (Å²) >= 11 is 0. The molecular weight excluding hydrogens is 232 g/mol. The van der Waals surface area contributed by atoms with Crippen molar-refractivity contribution in [1.82, 2.24) is 9.80 Å². The third kappa shape index (κ3) is 8.22. The molecule has 0 fully saturated rings. The van der Waals surface area contributed by atoms with Crippen molar-refractivity contribution in [3.05, 3.63) is 23.3 Å². The van der Waals surface area contributed by atoms with E-state index in [0.717, 1.165) is 0 Å². The van der Waals surface area contributed by atoms with Gasteiger partial charge in [-0.25, -0.2) is 0 Å². The maximum atomic E-state index is 2.42. The van der Waals surface area contributed by atoms with E-state index >= 15 is 0 Å². The van der Waals surface area contributed by atoms with Gasteiger partial charge in [0.15, 0.2) is 0 Å². The van der Waals surface area contributed by atoms with Gasteiger partial charge in [0.1, 0.15) is 0 Å². The zero-order chi connectivity index (χ0) is 14.1. The van der Waals surface area contributed by atoms with Gasteiger partial charge in [0.25, 0.3) is 0 Å². The summed E-state index contributed by atoms with van der Waals surface area (Å²) in [5.41, 5.74) is 3.27. The molecule has 0 spiro atoms. The first kappa shape index (κ1) is 16.5. The summed E-state index contributed by atoms with van der Waals surface area (Å²) in [7, 11) is 8.64. The summed E-state index contributed by atoms with van der Waals surface area (Å²) < 4.78 is 0. The number of hydrogen-bond acceptors (Lipinski definition) is 2. The van der Waals surface area contributed by atoms with E-state index in [1.807, 2.05) is 0 Å². The molecule has 0 unspecified atom stereocenters. The average molecular weight is 264 g/mol. The van der Waals surface area contributed by atoms with Crippen LogP contribution in [0.2, 0.25) is 0 Å². The van der Waals surface area contributed by atoms with Crippen molar-refractivity contribution in [3.63, 3.8) is 0 Å². The van der Waals surface area contributed by atoms with Crippen LogP contribution >= 0.6 is 0 Å². The van der Waals surface area contributed by atoms with Crippen LogP contribution in [0.15, 0.2) is 23.3 Å². The molecule has 0 N–H and O–H groups in total. The van der Waals surface area contributed by atoms with Crippen molar-refractivity contribution in [2.75, 3.05) is 41.3 Å². The predicted molar refractivity (Wildman–Crippen MR) is 85.6 cm³/mol. The largest absolute Gasteiger partial charge is 0.309 e. The Labute approximate surface area is 120 Å². The SMILES string of the molecule is CN(C)CCC1=CC=C(CCN(C)C)CCCCC1. The summed E-state index contributed by atoms with van der Waals surface area (Å²) in [6.45, 7) is 2.35. The molecule has 0 aromatic heterocycles. The lowest BCUT2D eigenvalue weighted by atomic mass is 10.0. The van der Waals surface area contributed by atoms with Crippen LogP contribution < -0.4 is 0 Å². The Morgan fingerprint density at radius 2 is 1.16 bits per heavy atom. The Morgan fingerprint density at radius 1 is 0.737 bits per heavy atom. The quantitative estimate of drug-likeness (QED) is 0.721. The first-order chi connectivity index (χ1) is 9.08. The molecule has 0 saturated heterocycles. The second-order valence-corrected chi connectivity index (χ2v) is 6.32. The third-order valence-corrected chi connectivity index (χ3v) is 3.81. The highest BCUT2D eigenvalue weighted by molar-refractivity contribution is 5.19. The monoisotopic (exact) mass is 264 g/mol. The smallest absolute Gasteiger partial charge is 0.00126 e. The molecule has 0 saturated carbocycles. The van der Waals surface area contributed by atoms with E-state index < -0.39 is 0 Å². The Morgan fingerprint density at radius 3 is 1.53 bits per heavy atom. The normalized spacial score (nSPS) is 17.8. The summed E-state index contributed by atoms with van der Waals surface area (Å²) in [5.74, 6) is 0. The van der Waals surface area contributed by atoms with Crippen molar-refractivity contribution in [2.24, 2.45) is 0 Å². The van der Waals surface area contributed by atoms with E-state index in [4.69, 9.17) is 0 Å². The second-order valence-electron chi connectivity index (χ2n) is 6.32. The van der Waals surface area contributed by atoms with Crippen LogP contribution in [0, 0.1) is 0 Å². The molecule has 0 aromatic carbocycles. The summed E-state index contributed by atoms with van der Waals surface area (Å²) in [5, 5.41) is 0. The van der Waals surface area contributed by atoms with Gasteiger partial charge in [0.05, 0.1) is 0 Å². The molecule has 0 atom stereocenters. The minimum absolute atomic E-state index is 1.17. The van der Waals surface area contributed by atoms with Crippen LogP contribution in [0.4, 0.5) is 0 Å². The van der Waals surface area contributed by atoms with Gasteiger partial charge in [-0.1, -0.05) is 29.7 Å². The van der Waals surface area contributed by atoms with Gasteiger partial charge in [0.2, 0.25) is 0 Å².